The Morgan fingerprint density at radius 1 is 1.07 bits per heavy atom. The van der Waals surface area contributed by atoms with E-state index in [1.807, 2.05) is 48.6 Å². The Kier molecular flexibility index (Phi) is 5.48. The zero-order valence-electron chi connectivity index (χ0n) is 17.0. The highest BCUT2D eigenvalue weighted by atomic mass is 35.5. The first-order valence-corrected chi connectivity index (χ1v) is 10.7. The van der Waals surface area contributed by atoms with Gasteiger partial charge in [0.05, 0.1) is 22.6 Å². The molecule has 0 radical (unpaired) electrons. The van der Waals surface area contributed by atoms with Crippen molar-refractivity contribution in [1.82, 2.24) is 19.6 Å². The van der Waals surface area contributed by atoms with Crippen molar-refractivity contribution in [3.63, 3.8) is 0 Å². The number of benzene rings is 1. The fourth-order valence-electron chi connectivity index (χ4n) is 4.76. The molecule has 2 heterocycles. The predicted molar refractivity (Wildman–Crippen MR) is 113 cm³/mol. The molecule has 150 valence electrons. The van der Waals surface area contributed by atoms with Crippen molar-refractivity contribution in [2.75, 3.05) is 26.2 Å². The van der Waals surface area contributed by atoms with Crippen LogP contribution >= 0.6 is 11.6 Å². The summed E-state index contributed by atoms with van der Waals surface area (Å²) >= 11 is 6.10. The van der Waals surface area contributed by atoms with Gasteiger partial charge in [0.15, 0.2) is 0 Å². The van der Waals surface area contributed by atoms with E-state index in [9.17, 15) is 4.79 Å². The van der Waals surface area contributed by atoms with Crippen molar-refractivity contribution < 1.29 is 4.79 Å². The van der Waals surface area contributed by atoms with Crippen molar-refractivity contribution >= 4 is 17.5 Å². The lowest BCUT2D eigenvalue weighted by atomic mass is 10.1. The Hall–Kier alpha value is -1.85. The number of carbonyl (C=O) groups is 1. The Morgan fingerprint density at radius 3 is 2.39 bits per heavy atom. The zero-order chi connectivity index (χ0) is 19.8. The summed E-state index contributed by atoms with van der Waals surface area (Å²) in [7, 11) is 0. The number of nitrogens with zero attached hydrogens (tertiary/aromatic N) is 4. The molecule has 6 heteroatoms. The van der Waals surface area contributed by atoms with E-state index in [-0.39, 0.29) is 5.91 Å². The van der Waals surface area contributed by atoms with Crippen LogP contribution in [0.15, 0.2) is 18.2 Å². The molecule has 2 aromatic rings. The monoisotopic (exact) mass is 400 g/mol. The van der Waals surface area contributed by atoms with Gasteiger partial charge in [0.2, 0.25) is 0 Å². The second-order valence-corrected chi connectivity index (χ2v) is 8.59. The second-order valence-electron chi connectivity index (χ2n) is 8.15. The molecule has 0 spiro atoms. The Labute approximate surface area is 172 Å². The van der Waals surface area contributed by atoms with Crippen molar-refractivity contribution in [3.05, 3.63) is 45.7 Å². The second kappa shape index (κ2) is 7.88. The summed E-state index contributed by atoms with van der Waals surface area (Å²) in [6, 6.07) is 6.49. The lowest BCUT2D eigenvalue weighted by Gasteiger charge is -2.38. The summed E-state index contributed by atoms with van der Waals surface area (Å²) in [5.41, 5.74) is 4.43. The van der Waals surface area contributed by atoms with Crippen LogP contribution in [0.4, 0.5) is 0 Å². The molecule has 2 aliphatic rings. The average Bonchev–Trinajstić information content (AvgIpc) is 3.30. The molecular weight excluding hydrogens is 372 g/mol. The molecule has 1 aromatic heterocycles. The first-order valence-electron chi connectivity index (χ1n) is 10.3. The normalized spacial score (nSPS) is 18.8. The maximum absolute atomic E-state index is 13.3. The first kappa shape index (κ1) is 19.5. The number of hydrogen-bond acceptors (Lipinski definition) is 3. The highest BCUT2D eigenvalue weighted by Gasteiger charge is 2.30. The fraction of sp³-hybridized carbons (Fsp3) is 0.545. The molecule has 0 N–H and O–H groups in total. The molecule has 1 saturated heterocycles. The number of halogens is 1. The molecule has 4 rings (SSSR count). The molecule has 0 atom stereocenters. The highest BCUT2D eigenvalue weighted by molar-refractivity contribution is 6.30. The molecule has 1 aliphatic heterocycles. The standard InChI is InChI=1S/C22H29ClN4O/c1-15-14-18(23)8-9-20(15)27-17(3)21(16(2)24-27)22(28)26-12-10-25(11-13-26)19-6-4-5-7-19/h8-9,14,19H,4-7,10-13H2,1-3H3. The smallest absolute Gasteiger partial charge is 0.257 e. The summed E-state index contributed by atoms with van der Waals surface area (Å²) in [5.74, 6) is 0.110. The molecule has 1 amide bonds. The van der Waals surface area contributed by atoms with Crippen LogP contribution in [-0.2, 0) is 0 Å². The van der Waals surface area contributed by atoms with Crippen molar-refractivity contribution in [2.24, 2.45) is 0 Å². The van der Waals surface area contributed by atoms with Gasteiger partial charge in [0.1, 0.15) is 0 Å². The van der Waals surface area contributed by atoms with Gasteiger partial charge >= 0.3 is 0 Å². The van der Waals surface area contributed by atoms with Crippen LogP contribution in [-0.4, -0.2) is 57.7 Å². The first-order chi connectivity index (χ1) is 13.5. The number of aromatic nitrogens is 2. The van der Waals surface area contributed by atoms with Crippen LogP contribution < -0.4 is 0 Å². The van der Waals surface area contributed by atoms with E-state index in [1.54, 1.807) is 0 Å². The largest absolute Gasteiger partial charge is 0.336 e. The topological polar surface area (TPSA) is 41.4 Å². The minimum absolute atomic E-state index is 0.110. The van der Waals surface area contributed by atoms with E-state index >= 15 is 0 Å². The van der Waals surface area contributed by atoms with Gasteiger partial charge in [-0.3, -0.25) is 9.69 Å². The number of aryl methyl sites for hydroxylation is 2. The molecule has 1 aromatic carbocycles. The van der Waals surface area contributed by atoms with Gasteiger partial charge in [0.25, 0.3) is 5.91 Å². The lowest BCUT2D eigenvalue weighted by Crippen LogP contribution is -2.51. The number of hydrogen-bond donors (Lipinski definition) is 0. The molecule has 2 fully saturated rings. The average molecular weight is 401 g/mol. The molecule has 0 unspecified atom stereocenters. The van der Waals surface area contributed by atoms with Gasteiger partial charge in [-0.1, -0.05) is 24.4 Å². The minimum atomic E-state index is 0.110. The van der Waals surface area contributed by atoms with E-state index in [2.05, 4.69) is 10.00 Å². The summed E-state index contributed by atoms with van der Waals surface area (Å²) < 4.78 is 1.88. The number of piperazine rings is 1. The van der Waals surface area contributed by atoms with Crippen LogP contribution in [0, 0.1) is 20.8 Å². The molecule has 1 aliphatic carbocycles. The molecule has 28 heavy (non-hydrogen) atoms. The Balaban J connectivity index is 1.53. The lowest BCUT2D eigenvalue weighted by molar-refractivity contribution is 0.0572. The summed E-state index contributed by atoms with van der Waals surface area (Å²) in [6.07, 6.45) is 5.34. The minimum Gasteiger partial charge on any atom is -0.336 e. The van der Waals surface area contributed by atoms with Crippen molar-refractivity contribution in [1.29, 1.82) is 0 Å². The third-order valence-electron chi connectivity index (χ3n) is 6.33. The van der Waals surface area contributed by atoms with Crippen LogP contribution in [0.2, 0.25) is 5.02 Å². The fourth-order valence-corrected chi connectivity index (χ4v) is 4.99. The highest BCUT2D eigenvalue weighted by Crippen LogP contribution is 2.26. The van der Waals surface area contributed by atoms with Gasteiger partial charge in [-0.25, -0.2) is 4.68 Å². The van der Waals surface area contributed by atoms with Crippen LogP contribution in [0.5, 0.6) is 0 Å². The zero-order valence-corrected chi connectivity index (χ0v) is 17.8. The van der Waals surface area contributed by atoms with E-state index in [4.69, 9.17) is 11.6 Å². The van der Waals surface area contributed by atoms with Crippen molar-refractivity contribution in [2.45, 2.75) is 52.5 Å². The van der Waals surface area contributed by atoms with Gasteiger partial charge in [0, 0.05) is 37.2 Å². The summed E-state index contributed by atoms with van der Waals surface area (Å²) in [5, 5.41) is 5.39. The third kappa shape index (κ3) is 3.58. The van der Waals surface area contributed by atoms with Crippen molar-refractivity contribution in [3.8, 4) is 5.69 Å². The van der Waals surface area contributed by atoms with E-state index in [0.29, 0.717) is 5.02 Å². The molecule has 1 saturated carbocycles. The quantitative estimate of drug-likeness (QED) is 0.777. The molecule has 5 nitrogen and oxygen atoms in total. The van der Waals surface area contributed by atoms with Crippen LogP contribution in [0.25, 0.3) is 5.69 Å². The third-order valence-corrected chi connectivity index (χ3v) is 6.57. The Bertz CT molecular complexity index is 877. The number of rotatable bonds is 3. The maximum Gasteiger partial charge on any atom is 0.257 e. The molecular formula is C22H29ClN4O. The SMILES string of the molecule is Cc1cc(Cl)ccc1-n1nc(C)c(C(=O)N2CCN(C3CCCC3)CC2)c1C. The molecule has 0 bridgehead atoms. The summed E-state index contributed by atoms with van der Waals surface area (Å²) in [6.45, 7) is 9.50. The predicted octanol–water partition coefficient (Wildman–Crippen LogP) is 4.15. The number of carbonyl (C=O) groups excluding carboxylic acids is 1. The van der Waals surface area contributed by atoms with E-state index < -0.39 is 0 Å². The summed E-state index contributed by atoms with van der Waals surface area (Å²) in [4.78, 5) is 17.9. The van der Waals surface area contributed by atoms with Gasteiger partial charge in [-0.2, -0.15) is 5.10 Å². The van der Waals surface area contributed by atoms with E-state index in [1.165, 1.54) is 25.7 Å². The van der Waals surface area contributed by atoms with Crippen LogP contribution in [0.3, 0.4) is 0 Å². The van der Waals surface area contributed by atoms with Gasteiger partial charge < -0.3 is 4.90 Å². The van der Waals surface area contributed by atoms with Crippen LogP contribution in [0.1, 0.15) is 53.0 Å². The van der Waals surface area contributed by atoms with Gasteiger partial charge in [-0.15, -0.1) is 0 Å². The number of amides is 1. The van der Waals surface area contributed by atoms with Gasteiger partial charge in [-0.05, 0) is 57.4 Å². The maximum atomic E-state index is 13.3. The van der Waals surface area contributed by atoms with E-state index in [0.717, 1.165) is 60.4 Å². The Morgan fingerprint density at radius 2 is 1.75 bits per heavy atom.